The molecular weight excluding hydrogens is 312 g/mol. The third-order valence-electron chi connectivity index (χ3n) is 4.69. The summed E-state index contributed by atoms with van der Waals surface area (Å²) in [4.78, 5) is 14.4. The van der Waals surface area contributed by atoms with E-state index < -0.39 is 6.04 Å². The Labute approximate surface area is 149 Å². The lowest BCUT2D eigenvalue weighted by molar-refractivity contribution is -0.134. The van der Waals surface area contributed by atoms with E-state index in [4.69, 9.17) is 10.5 Å². The molecule has 0 spiro atoms. The van der Waals surface area contributed by atoms with Crippen molar-refractivity contribution in [3.8, 4) is 5.75 Å². The van der Waals surface area contributed by atoms with Gasteiger partial charge in [-0.05, 0) is 31.0 Å². The summed E-state index contributed by atoms with van der Waals surface area (Å²) >= 11 is 0. The fourth-order valence-corrected chi connectivity index (χ4v) is 3.19. The van der Waals surface area contributed by atoms with Gasteiger partial charge in [-0.2, -0.15) is 0 Å². The summed E-state index contributed by atoms with van der Waals surface area (Å²) in [5.41, 5.74) is 8.45. The van der Waals surface area contributed by atoms with Crippen molar-refractivity contribution in [2.75, 3.05) is 13.1 Å². The molecule has 1 amide bonds. The number of nitrogens with zero attached hydrogens (tertiary/aromatic N) is 1. The maximum atomic E-state index is 12.6. The second-order valence-corrected chi connectivity index (χ2v) is 6.75. The van der Waals surface area contributed by atoms with E-state index in [-0.39, 0.29) is 12.0 Å². The Balaban J connectivity index is 1.48. The van der Waals surface area contributed by atoms with Gasteiger partial charge in [-0.3, -0.25) is 4.79 Å². The van der Waals surface area contributed by atoms with Gasteiger partial charge in [0.2, 0.25) is 5.91 Å². The highest BCUT2D eigenvalue weighted by Gasteiger charge is 2.27. The summed E-state index contributed by atoms with van der Waals surface area (Å²) in [6.45, 7) is 3.47. The van der Waals surface area contributed by atoms with E-state index in [1.807, 2.05) is 47.4 Å². The van der Waals surface area contributed by atoms with Gasteiger partial charge < -0.3 is 15.4 Å². The van der Waals surface area contributed by atoms with Crippen LogP contribution in [-0.4, -0.2) is 36.0 Å². The molecule has 132 valence electrons. The number of aryl methyl sites for hydroxylation is 1. The monoisotopic (exact) mass is 338 g/mol. The van der Waals surface area contributed by atoms with E-state index in [0.717, 1.165) is 24.2 Å². The number of likely N-dealkylation sites (tertiary alicyclic amines) is 1. The predicted molar refractivity (Wildman–Crippen MR) is 99.5 cm³/mol. The van der Waals surface area contributed by atoms with Crippen LogP contribution in [0.2, 0.25) is 0 Å². The summed E-state index contributed by atoms with van der Waals surface area (Å²) in [7, 11) is 0. The molecule has 0 saturated carbocycles. The predicted octanol–water partition coefficient (Wildman–Crippen LogP) is 2.93. The van der Waals surface area contributed by atoms with Gasteiger partial charge >= 0.3 is 0 Å². The van der Waals surface area contributed by atoms with Crippen molar-refractivity contribution in [3.63, 3.8) is 0 Å². The van der Waals surface area contributed by atoms with Gasteiger partial charge in [-0.1, -0.05) is 48.0 Å². The van der Waals surface area contributed by atoms with Crippen molar-refractivity contribution in [1.29, 1.82) is 0 Å². The van der Waals surface area contributed by atoms with E-state index in [1.54, 1.807) is 0 Å². The minimum absolute atomic E-state index is 0.0395. The Bertz CT molecular complexity index is 677. The molecule has 0 unspecified atom stereocenters. The van der Waals surface area contributed by atoms with Crippen LogP contribution in [0.3, 0.4) is 0 Å². The first-order valence-electron chi connectivity index (χ1n) is 8.93. The van der Waals surface area contributed by atoms with Crippen molar-refractivity contribution >= 4 is 5.91 Å². The van der Waals surface area contributed by atoms with Crippen molar-refractivity contribution in [3.05, 3.63) is 65.7 Å². The third-order valence-corrected chi connectivity index (χ3v) is 4.69. The average molecular weight is 338 g/mol. The highest BCUT2D eigenvalue weighted by molar-refractivity contribution is 5.82. The van der Waals surface area contributed by atoms with Crippen molar-refractivity contribution in [2.45, 2.75) is 38.3 Å². The average Bonchev–Trinajstić information content (AvgIpc) is 2.64. The number of amides is 1. The van der Waals surface area contributed by atoms with E-state index in [9.17, 15) is 4.79 Å². The van der Waals surface area contributed by atoms with Gasteiger partial charge in [0.1, 0.15) is 11.9 Å². The van der Waals surface area contributed by atoms with Gasteiger partial charge in [-0.25, -0.2) is 0 Å². The first-order valence-corrected chi connectivity index (χ1v) is 8.93. The number of hydrogen-bond donors (Lipinski definition) is 1. The summed E-state index contributed by atoms with van der Waals surface area (Å²) < 4.78 is 6.03. The number of piperidine rings is 1. The number of rotatable bonds is 5. The number of ether oxygens (including phenoxy) is 1. The standard InChI is InChI=1S/C21H26N2O2/c1-16-7-9-18(10-8-16)25-19-11-13-23(14-12-19)21(24)20(22)15-17-5-3-2-4-6-17/h2-10,19-20H,11-15,22H2,1H3/t20-/m1/s1. The minimum atomic E-state index is -0.475. The maximum absolute atomic E-state index is 12.6. The SMILES string of the molecule is Cc1ccc(OC2CCN(C(=O)[C@H](N)Cc3ccccc3)CC2)cc1. The molecule has 4 heteroatoms. The van der Waals surface area contributed by atoms with Crippen LogP contribution >= 0.6 is 0 Å². The molecule has 1 heterocycles. The van der Waals surface area contributed by atoms with Crippen LogP contribution in [0, 0.1) is 6.92 Å². The molecule has 1 aliphatic heterocycles. The summed E-state index contributed by atoms with van der Waals surface area (Å²) in [5, 5.41) is 0. The largest absolute Gasteiger partial charge is 0.490 e. The lowest BCUT2D eigenvalue weighted by Gasteiger charge is -2.33. The van der Waals surface area contributed by atoms with Crippen molar-refractivity contribution < 1.29 is 9.53 Å². The Kier molecular flexibility index (Phi) is 5.71. The summed E-state index contributed by atoms with van der Waals surface area (Å²) in [6, 6.07) is 17.6. The fourth-order valence-electron chi connectivity index (χ4n) is 3.19. The van der Waals surface area contributed by atoms with Crippen LogP contribution in [0.25, 0.3) is 0 Å². The molecule has 0 aliphatic carbocycles. The Morgan fingerprint density at radius 1 is 1.12 bits per heavy atom. The third kappa shape index (κ3) is 4.83. The molecule has 1 saturated heterocycles. The van der Waals surface area contributed by atoms with E-state index >= 15 is 0 Å². The van der Waals surface area contributed by atoms with Crippen LogP contribution in [0.5, 0.6) is 5.75 Å². The van der Waals surface area contributed by atoms with Gasteiger partial charge in [0.05, 0.1) is 6.04 Å². The van der Waals surface area contributed by atoms with Crippen LogP contribution in [-0.2, 0) is 11.2 Å². The van der Waals surface area contributed by atoms with Crippen LogP contribution in [0.4, 0.5) is 0 Å². The van der Waals surface area contributed by atoms with Crippen molar-refractivity contribution in [1.82, 2.24) is 4.90 Å². The highest BCUT2D eigenvalue weighted by Crippen LogP contribution is 2.20. The Hall–Kier alpha value is -2.33. The normalized spacial score (nSPS) is 16.5. The van der Waals surface area contributed by atoms with E-state index in [0.29, 0.717) is 19.5 Å². The molecule has 3 rings (SSSR count). The first-order chi connectivity index (χ1) is 12.1. The number of hydrogen-bond acceptors (Lipinski definition) is 3. The molecule has 25 heavy (non-hydrogen) atoms. The second kappa shape index (κ2) is 8.17. The van der Waals surface area contributed by atoms with Crippen LogP contribution in [0.1, 0.15) is 24.0 Å². The van der Waals surface area contributed by atoms with Gasteiger partial charge in [-0.15, -0.1) is 0 Å². The number of benzene rings is 2. The molecule has 0 bridgehead atoms. The zero-order valence-corrected chi connectivity index (χ0v) is 14.7. The molecule has 1 atom stereocenters. The number of carbonyl (C=O) groups is 1. The number of nitrogens with two attached hydrogens (primary N) is 1. The molecule has 2 aromatic carbocycles. The van der Waals surface area contributed by atoms with Crippen LogP contribution < -0.4 is 10.5 Å². The lowest BCUT2D eigenvalue weighted by Crippen LogP contribution is -2.49. The van der Waals surface area contributed by atoms with E-state index in [2.05, 4.69) is 19.1 Å². The zero-order chi connectivity index (χ0) is 17.6. The molecular formula is C21H26N2O2. The Morgan fingerprint density at radius 3 is 2.40 bits per heavy atom. The molecule has 0 aromatic heterocycles. The van der Waals surface area contributed by atoms with Gasteiger partial charge in [0, 0.05) is 25.9 Å². The zero-order valence-electron chi connectivity index (χ0n) is 14.7. The number of carbonyl (C=O) groups excluding carboxylic acids is 1. The molecule has 0 radical (unpaired) electrons. The molecule has 1 aliphatic rings. The molecule has 2 aromatic rings. The smallest absolute Gasteiger partial charge is 0.239 e. The maximum Gasteiger partial charge on any atom is 0.239 e. The quantitative estimate of drug-likeness (QED) is 0.912. The molecule has 4 nitrogen and oxygen atoms in total. The Morgan fingerprint density at radius 2 is 1.76 bits per heavy atom. The topological polar surface area (TPSA) is 55.6 Å². The second-order valence-electron chi connectivity index (χ2n) is 6.75. The van der Waals surface area contributed by atoms with Gasteiger partial charge in [0.15, 0.2) is 0 Å². The minimum Gasteiger partial charge on any atom is -0.490 e. The van der Waals surface area contributed by atoms with Crippen LogP contribution in [0.15, 0.2) is 54.6 Å². The summed E-state index contributed by atoms with van der Waals surface area (Å²) in [5.74, 6) is 0.939. The first kappa shape index (κ1) is 17.5. The molecule has 1 fully saturated rings. The molecule has 2 N–H and O–H groups in total. The van der Waals surface area contributed by atoms with Gasteiger partial charge in [0.25, 0.3) is 0 Å². The van der Waals surface area contributed by atoms with E-state index in [1.165, 1.54) is 5.56 Å². The van der Waals surface area contributed by atoms with Crippen molar-refractivity contribution in [2.24, 2.45) is 5.73 Å². The fraction of sp³-hybridized carbons (Fsp3) is 0.381. The lowest BCUT2D eigenvalue weighted by atomic mass is 10.0. The summed E-state index contributed by atoms with van der Waals surface area (Å²) in [6.07, 6.45) is 2.44. The highest BCUT2D eigenvalue weighted by atomic mass is 16.5.